The highest BCUT2D eigenvalue weighted by molar-refractivity contribution is 5.69. The van der Waals surface area contributed by atoms with Crippen molar-refractivity contribution in [3.05, 3.63) is 24.3 Å². The number of carboxylic acid groups (broad SMARTS) is 1. The van der Waals surface area contributed by atoms with Crippen molar-refractivity contribution in [3.8, 4) is 11.5 Å². The van der Waals surface area contributed by atoms with Crippen LogP contribution in [0.25, 0.3) is 0 Å². The van der Waals surface area contributed by atoms with E-state index in [9.17, 15) is 9.59 Å². The van der Waals surface area contributed by atoms with Gasteiger partial charge in [-0.15, -0.1) is 0 Å². The molecule has 21 heavy (non-hydrogen) atoms. The molecule has 0 aromatic heterocycles. The Morgan fingerprint density at radius 3 is 2.52 bits per heavy atom. The van der Waals surface area contributed by atoms with Crippen molar-refractivity contribution in [2.24, 2.45) is 0 Å². The summed E-state index contributed by atoms with van der Waals surface area (Å²) in [6.07, 6.45) is -0.411. The molecule has 1 atom stereocenters. The van der Waals surface area contributed by atoms with Crippen LogP contribution in [0.4, 0.5) is 4.79 Å². The number of hydrogen-bond donors (Lipinski definition) is 2. The lowest BCUT2D eigenvalue weighted by atomic mass is 10.3. The first kappa shape index (κ1) is 16.6. The number of methoxy groups -OCH3 is 1. The van der Waals surface area contributed by atoms with Crippen LogP contribution in [0, 0.1) is 0 Å². The van der Waals surface area contributed by atoms with Gasteiger partial charge >= 0.3 is 12.1 Å². The molecule has 2 rings (SSSR count). The van der Waals surface area contributed by atoms with Crippen molar-refractivity contribution in [1.82, 2.24) is 5.32 Å². The lowest BCUT2D eigenvalue weighted by molar-refractivity contribution is -0.136. The predicted octanol–water partition coefficient (Wildman–Crippen LogP) is 1.66. The Morgan fingerprint density at radius 2 is 2.05 bits per heavy atom. The summed E-state index contributed by atoms with van der Waals surface area (Å²) in [4.78, 5) is 20.1. The van der Waals surface area contributed by atoms with Gasteiger partial charge in [0.25, 0.3) is 0 Å². The summed E-state index contributed by atoms with van der Waals surface area (Å²) < 4.78 is 15.6. The van der Waals surface area contributed by atoms with Crippen LogP contribution in [0.1, 0.15) is 13.3 Å². The number of aliphatic carboxylic acids is 1. The van der Waals surface area contributed by atoms with E-state index in [1.54, 1.807) is 14.0 Å². The summed E-state index contributed by atoms with van der Waals surface area (Å²) in [6.45, 7) is 2.40. The van der Waals surface area contributed by atoms with Crippen LogP contribution in [0.15, 0.2) is 24.3 Å². The SMILES string of the molecule is CCC(=O)O.COc1ccccc1OCC1CNC(=O)O1. The topological polar surface area (TPSA) is 94.1 Å². The smallest absolute Gasteiger partial charge is 0.407 e. The van der Waals surface area contributed by atoms with Crippen molar-refractivity contribution in [2.75, 3.05) is 20.3 Å². The molecule has 116 valence electrons. The molecule has 0 saturated carbocycles. The van der Waals surface area contributed by atoms with Gasteiger partial charge in [0.2, 0.25) is 0 Å². The minimum atomic E-state index is -0.745. The van der Waals surface area contributed by atoms with Crippen molar-refractivity contribution < 1.29 is 28.9 Å². The van der Waals surface area contributed by atoms with Crippen LogP contribution in [0.3, 0.4) is 0 Å². The Bertz CT molecular complexity index is 476. The van der Waals surface area contributed by atoms with Crippen molar-refractivity contribution in [3.63, 3.8) is 0 Å². The lowest BCUT2D eigenvalue weighted by Crippen LogP contribution is -2.22. The summed E-state index contributed by atoms with van der Waals surface area (Å²) >= 11 is 0. The zero-order chi connectivity index (χ0) is 15.7. The molecule has 0 radical (unpaired) electrons. The molecule has 7 heteroatoms. The van der Waals surface area contributed by atoms with Crippen molar-refractivity contribution >= 4 is 12.1 Å². The molecular formula is C14H19NO6. The van der Waals surface area contributed by atoms with Gasteiger partial charge in [-0.1, -0.05) is 19.1 Å². The zero-order valence-corrected chi connectivity index (χ0v) is 12.0. The molecule has 1 unspecified atom stereocenters. The van der Waals surface area contributed by atoms with E-state index in [4.69, 9.17) is 19.3 Å². The maximum Gasteiger partial charge on any atom is 0.407 e. The second kappa shape index (κ2) is 8.68. The zero-order valence-electron chi connectivity index (χ0n) is 12.0. The minimum Gasteiger partial charge on any atom is -0.493 e. The number of cyclic esters (lactones) is 1. The van der Waals surface area contributed by atoms with Gasteiger partial charge < -0.3 is 24.6 Å². The Hall–Kier alpha value is -2.44. The summed E-state index contributed by atoms with van der Waals surface area (Å²) in [5.41, 5.74) is 0. The van der Waals surface area contributed by atoms with Crippen LogP contribution >= 0.6 is 0 Å². The largest absolute Gasteiger partial charge is 0.493 e. The van der Waals surface area contributed by atoms with Crippen LogP contribution in [0.5, 0.6) is 11.5 Å². The van der Waals surface area contributed by atoms with Gasteiger partial charge in [-0.2, -0.15) is 0 Å². The van der Waals surface area contributed by atoms with E-state index >= 15 is 0 Å². The van der Waals surface area contributed by atoms with Crippen LogP contribution in [-0.4, -0.2) is 43.5 Å². The van der Waals surface area contributed by atoms with E-state index in [0.29, 0.717) is 24.7 Å². The summed E-state index contributed by atoms with van der Waals surface area (Å²) in [5.74, 6) is 0.567. The Morgan fingerprint density at radius 1 is 1.43 bits per heavy atom. The molecule has 1 saturated heterocycles. The molecule has 2 N–H and O–H groups in total. The third-order valence-electron chi connectivity index (χ3n) is 2.54. The van der Waals surface area contributed by atoms with E-state index in [1.807, 2.05) is 24.3 Å². The van der Waals surface area contributed by atoms with E-state index < -0.39 is 12.1 Å². The third-order valence-corrected chi connectivity index (χ3v) is 2.54. The summed E-state index contributed by atoms with van der Waals surface area (Å²) in [7, 11) is 1.58. The number of benzene rings is 1. The van der Waals surface area contributed by atoms with Crippen LogP contribution in [0.2, 0.25) is 0 Å². The molecular weight excluding hydrogens is 278 g/mol. The van der Waals surface area contributed by atoms with Gasteiger partial charge in [0, 0.05) is 6.42 Å². The maximum atomic E-state index is 10.8. The molecule has 1 fully saturated rings. The first-order chi connectivity index (χ1) is 10.1. The first-order valence-electron chi connectivity index (χ1n) is 6.48. The van der Waals surface area contributed by atoms with E-state index in [-0.39, 0.29) is 12.5 Å². The first-order valence-corrected chi connectivity index (χ1v) is 6.48. The highest BCUT2D eigenvalue weighted by Crippen LogP contribution is 2.26. The van der Waals surface area contributed by atoms with Gasteiger partial charge in [0.1, 0.15) is 6.61 Å². The monoisotopic (exact) mass is 297 g/mol. The number of amides is 1. The normalized spacial score (nSPS) is 16.1. The van der Waals surface area contributed by atoms with Crippen LogP contribution in [-0.2, 0) is 9.53 Å². The maximum absolute atomic E-state index is 10.8. The molecule has 0 spiro atoms. The van der Waals surface area contributed by atoms with Gasteiger partial charge in [-0.25, -0.2) is 4.79 Å². The lowest BCUT2D eigenvalue weighted by Gasteiger charge is -2.12. The fourth-order valence-corrected chi connectivity index (χ4v) is 1.45. The number of ether oxygens (including phenoxy) is 3. The van der Waals surface area contributed by atoms with Crippen LogP contribution < -0.4 is 14.8 Å². The molecule has 1 heterocycles. The number of alkyl carbamates (subject to hydrolysis) is 1. The predicted molar refractivity (Wildman–Crippen MR) is 74.7 cm³/mol. The third kappa shape index (κ3) is 6.03. The summed E-state index contributed by atoms with van der Waals surface area (Å²) in [5, 5.41) is 10.3. The second-order valence-electron chi connectivity index (χ2n) is 4.12. The number of nitrogens with one attached hydrogen (secondary N) is 1. The second-order valence-corrected chi connectivity index (χ2v) is 4.12. The molecule has 1 aromatic carbocycles. The molecule has 1 aromatic rings. The van der Waals surface area contributed by atoms with Crippen molar-refractivity contribution in [2.45, 2.75) is 19.4 Å². The molecule has 0 aliphatic carbocycles. The summed E-state index contributed by atoms with van der Waals surface area (Å²) in [6, 6.07) is 7.34. The van der Waals surface area contributed by atoms with E-state index in [1.165, 1.54) is 0 Å². The van der Waals surface area contributed by atoms with Gasteiger partial charge in [0.05, 0.1) is 13.7 Å². The number of rotatable bonds is 5. The van der Waals surface area contributed by atoms with Gasteiger partial charge in [-0.3, -0.25) is 4.79 Å². The fraction of sp³-hybridized carbons (Fsp3) is 0.429. The molecule has 1 aliphatic heterocycles. The van der Waals surface area contributed by atoms with E-state index in [2.05, 4.69) is 5.32 Å². The van der Waals surface area contributed by atoms with Gasteiger partial charge in [0.15, 0.2) is 17.6 Å². The molecule has 0 bridgehead atoms. The van der Waals surface area contributed by atoms with Crippen molar-refractivity contribution in [1.29, 1.82) is 0 Å². The fourth-order valence-electron chi connectivity index (χ4n) is 1.45. The number of carbonyl (C=O) groups is 2. The Labute approximate surface area is 122 Å². The standard InChI is InChI=1S/C11H13NO4.C3H6O2/c1-14-9-4-2-3-5-10(9)15-7-8-6-12-11(13)16-8;1-2-3(4)5/h2-5,8H,6-7H2,1H3,(H,12,13);2H2,1H3,(H,4,5). The van der Waals surface area contributed by atoms with Gasteiger partial charge in [-0.05, 0) is 12.1 Å². The quantitative estimate of drug-likeness (QED) is 0.858. The number of carbonyl (C=O) groups excluding carboxylic acids is 1. The molecule has 1 aliphatic rings. The highest BCUT2D eigenvalue weighted by Gasteiger charge is 2.23. The van der Waals surface area contributed by atoms with E-state index in [0.717, 1.165) is 0 Å². The molecule has 7 nitrogen and oxygen atoms in total. The highest BCUT2D eigenvalue weighted by atomic mass is 16.6. The number of para-hydroxylation sites is 2. The Kier molecular flexibility index (Phi) is 6.86. The average molecular weight is 297 g/mol. The molecule has 1 amide bonds. The number of carboxylic acids is 1. The average Bonchev–Trinajstić information content (AvgIpc) is 2.91. The number of hydrogen-bond acceptors (Lipinski definition) is 5. The Balaban J connectivity index is 0.000000383. The minimum absolute atomic E-state index is 0.222.